The fourth-order valence-corrected chi connectivity index (χ4v) is 4.97. The van der Waals surface area contributed by atoms with Crippen molar-refractivity contribution in [3.63, 3.8) is 0 Å². The lowest BCUT2D eigenvalue weighted by atomic mass is 10.0. The summed E-state index contributed by atoms with van der Waals surface area (Å²) in [5, 5.41) is 14.4. The average Bonchev–Trinajstić information content (AvgIpc) is 3.49. The lowest BCUT2D eigenvalue weighted by Crippen LogP contribution is -2.50. The van der Waals surface area contributed by atoms with Crippen LogP contribution in [-0.2, 0) is 18.9 Å². The van der Waals surface area contributed by atoms with Gasteiger partial charge < -0.3 is 19.8 Å². The number of nitrogens with one attached hydrogen (secondary N) is 3. The molecule has 3 atom stereocenters. The van der Waals surface area contributed by atoms with Crippen molar-refractivity contribution >= 4 is 34.9 Å². The van der Waals surface area contributed by atoms with Crippen LogP contribution >= 0.6 is 12.2 Å². The zero-order valence-corrected chi connectivity index (χ0v) is 20.2. The molecule has 0 saturated heterocycles. The Balaban J connectivity index is 1.49. The third kappa shape index (κ3) is 4.73. The van der Waals surface area contributed by atoms with E-state index in [0.717, 1.165) is 48.8 Å². The first-order chi connectivity index (χ1) is 15.9. The predicted octanol–water partition coefficient (Wildman–Crippen LogP) is 3.71. The Hall–Kier alpha value is -2.94. The molecule has 0 spiro atoms. The minimum absolute atomic E-state index is 0.0277. The number of hydrogen-bond acceptors (Lipinski definition) is 4. The van der Waals surface area contributed by atoms with Gasteiger partial charge in [0.05, 0.1) is 0 Å². The smallest absolute Gasteiger partial charge is 0.268 e. The molecule has 1 aromatic carbocycles. The van der Waals surface area contributed by atoms with Crippen LogP contribution in [0.25, 0.3) is 10.9 Å². The highest BCUT2D eigenvalue weighted by molar-refractivity contribution is 7.71. The number of rotatable bonds is 8. The van der Waals surface area contributed by atoms with Crippen LogP contribution in [0.3, 0.4) is 0 Å². The summed E-state index contributed by atoms with van der Waals surface area (Å²) in [6.45, 7) is 2.08. The third-order valence-corrected chi connectivity index (χ3v) is 7.11. The summed E-state index contributed by atoms with van der Waals surface area (Å²) in [6, 6.07) is 9.13. The normalized spacial score (nSPS) is 19.0. The van der Waals surface area contributed by atoms with E-state index in [1.54, 1.807) is 0 Å². The van der Waals surface area contributed by atoms with E-state index in [2.05, 4.69) is 27.8 Å². The van der Waals surface area contributed by atoms with E-state index in [4.69, 9.17) is 12.2 Å². The first-order valence-electron chi connectivity index (χ1n) is 11.7. The van der Waals surface area contributed by atoms with Crippen molar-refractivity contribution in [3.8, 4) is 0 Å². The van der Waals surface area contributed by atoms with Crippen LogP contribution in [0.2, 0.25) is 0 Å². The topological polar surface area (TPSA) is 96.7 Å². The molecule has 2 heterocycles. The molecule has 1 fully saturated rings. The van der Waals surface area contributed by atoms with Crippen LogP contribution in [0.15, 0.2) is 30.3 Å². The van der Waals surface area contributed by atoms with Gasteiger partial charge in [-0.3, -0.25) is 14.7 Å². The number of carbonyl (C=O) groups excluding carboxylic acids is 2. The van der Waals surface area contributed by atoms with E-state index in [0.29, 0.717) is 16.9 Å². The number of aromatic nitrogens is 4. The van der Waals surface area contributed by atoms with Crippen LogP contribution in [0.4, 0.5) is 0 Å². The quantitative estimate of drug-likeness (QED) is 0.439. The number of aryl methyl sites for hydroxylation is 1. The van der Waals surface area contributed by atoms with Crippen LogP contribution in [0.1, 0.15) is 67.7 Å². The minimum Gasteiger partial charge on any atom is -0.351 e. The Morgan fingerprint density at radius 1 is 1.24 bits per heavy atom. The molecule has 9 heteroatoms. The van der Waals surface area contributed by atoms with Crippen molar-refractivity contribution in [2.24, 2.45) is 14.1 Å². The molecule has 3 N–H and O–H groups in total. The second kappa shape index (κ2) is 9.91. The van der Waals surface area contributed by atoms with Crippen molar-refractivity contribution in [1.82, 2.24) is 30.0 Å². The standard InChI is InChI=1S/C24H32N6O2S/c1-4-5-11-18(26-23(32)20-14-15-9-6-7-13-19(15)29(20)2)22(31)25-17-12-8-10-16(17)21-27-28-24(33)30(21)3/h6-7,9,13-14,16-18H,4-5,8,10-12H2,1-3H3,(H,25,31)(H,26,32)(H,28,33)/t16-,17+,18+/m1/s1. The van der Waals surface area contributed by atoms with Crippen molar-refractivity contribution < 1.29 is 9.59 Å². The number of unbranched alkanes of at least 4 members (excludes halogenated alkanes) is 1. The van der Waals surface area contributed by atoms with Crippen LogP contribution in [0, 0.1) is 4.77 Å². The Bertz CT molecular complexity index is 1210. The summed E-state index contributed by atoms with van der Waals surface area (Å²) in [7, 11) is 3.77. The van der Waals surface area contributed by atoms with E-state index < -0.39 is 6.04 Å². The Labute approximate surface area is 198 Å². The monoisotopic (exact) mass is 468 g/mol. The number of carbonyl (C=O) groups is 2. The predicted molar refractivity (Wildman–Crippen MR) is 131 cm³/mol. The molecule has 1 aliphatic rings. The molecular formula is C24H32N6O2S. The summed E-state index contributed by atoms with van der Waals surface area (Å²) < 4.78 is 4.32. The van der Waals surface area contributed by atoms with Gasteiger partial charge in [0.25, 0.3) is 5.91 Å². The lowest BCUT2D eigenvalue weighted by molar-refractivity contribution is -0.124. The van der Waals surface area contributed by atoms with Crippen molar-refractivity contribution in [3.05, 3.63) is 46.6 Å². The molecule has 3 aromatic rings. The molecule has 33 heavy (non-hydrogen) atoms. The third-order valence-electron chi connectivity index (χ3n) is 6.74. The Morgan fingerprint density at radius 3 is 2.73 bits per heavy atom. The number of hydrogen-bond donors (Lipinski definition) is 3. The summed E-state index contributed by atoms with van der Waals surface area (Å²) in [5.41, 5.74) is 1.53. The fraction of sp³-hybridized carbons (Fsp3) is 0.500. The highest BCUT2D eigenvalue weighted by atomic mass is 32.1. The molecule has 2 aromatic heterocycles. The maximum absolute atomic E-state index is 13.3. The summed E-state index contributed by atoms with van der Waals surface area (Å²) >= 11 is 5.26. The zero-order chi connectivity index (χ0) is 23.5. The highest BCUT2D eigenvalue weighted by Crippen LogP contribution is 2.33. The first kappa shape index (κ1) is 23.2. The van der Waals surface area contributed by atoms with Crippen LogP contribution in [0.5, 0.6) is 0 Å². The van der Waals surface area contributed by atoms with Gasteiger partial charge in [-0.05, 0) is 43.6 Å². The van der Waals surface area contributed by atoms with Crippen molar-refractivity contribution in [2.45, 2.75) is 63.5 Å². The Morgan fingerprint density at radius 2 is 2.03 bits per heavy atom. The molecule has 2 amide bonds. The molecule has 8 nitrogen and oxygen atoms in total. The number of fused-ring (bicyclic) bond motifs is 1. The van der Waals surface area contributed by atoms with Crippen molar-refractivity contribution in [1.29, 1.82) is 0 Å². The van der Waals surface area contributed by atoms with E-state index >= 15 is 0 Å². The first-order valence-corrected chi connectivity index (χ1v) is 12.1. The summed E-state index contributed by atoms with van der Waals surface area (Å²) in [4.78, 5) is 26.5. The SMILES string of the molecule is CCCC[C@H](NC(=O)c1cc2ccccc2n1C)C(=O)N[C@H]1CCC[C@H]1c1n[nH]c(=S)n1C. The summed E-state index contributed by atoms with van der Waals surface area (Å²) in [6.07, 6.45) is 5.24. The van der Waals surface area contributed by atoms with Gasteiger partial charge in [-0.15, -0.1) is 0 Å². The van der Waals surface area contributed by atoms with E-state index in [-0.39, 0.29) is 23.8 Å². The number of aromatic amines is 1. The Kier molecular flexibility index (Phi) is 6.97. The van der Waals surface area contributed by atoms with Gasteiger partial charge in [0.15, 0.2) is 4.77 Å². The molecule has 0 radical (unpaired) electrons. The molecule has 176 valence electrons. The fourth-order valence-electron chi connectivity index (χ4n) is 4.83. The molecule has 4 rings (SSSR count). The van der Waals surface area contributed by atoms with Gasteiger partial charge in [0.1, 0.15) is 17.6 Å². The van der Waals surface area contributed by atoms with Crippen LogP contribution in [-0.4, -0.2) is 43.2 Å². The second-order valence-corrected chi connectivity index (χ2v) is 9.30. The molecule has 0 bridgehead atoms. The minimum atomic E-state index is -0.584. The van der Waals surface area contributed by atoms with E-state index in [1.165, 1.54) is 0 Å². The highest BCUT2D eigenvalue weighted by Gasteiger charge is 2.34. The summed E-state index contributed by atoms with van der Waals surface area (Å²) in [5.74, 6) is 0.603. The second-order valence-electron chi connectivity index (χ2n) is 8.91. The lowest BCUT2D eigenvalue weighted by Gasteiger charge is -2.24. The molecular weight excluding hydrogens is 436 g/mol. The maximum Gasteiger partial charge on any atom is 0.268 e. The van der Waals surface area contributed by atoms with Gasteiger partial charge >= 0.3 is 0 Å². The van der Waals surface area contributed by atoms with E-state index in [1.807, 2.05) is 53.6 Å². The number of amides is 2. The molecule has 1 aliphatic carbocycles. The number of nitrogens with zero attached hydrogens (tertiary/aromatic N) is 3. The van der Waals surface area contributed by atoms with Gasteiger partial charge in [0, 0.05) is 37.0 Å². The van der Waals surface area contributed by atoms with Gasteiger partial charge in [-0.25, -0.2) is 0 Å². The number of para-hydroxylation sites is 1. The van der Waals surface area contributed by atoms with Crippen LogP contribution < -0.4 is 10.6 Å². The average molecular weight is 469 g/mol. The zero-order valence-electron chi connectivity index (χ0n) is 19.4. The maximum atomic E-state index is 13.3. The van der Waals surface area contributed by atoms with Gasteiger partial charge in [-0.1, -0.05) is 44.4 Å². The molecule has 0 unspecified atom stereocenters. The van der Waals surface area contributed by atoms with E-state index in [9.17, 15) is 9.59 Å². The van der Waals surface area contributed by atoms with Crippen molar-refractivity contribution in [2.75, 3.05) is 0 Å². The molecule has 1 saturated carbocycles. The van der Waals surface area contributed by atoms with Gasteiger partial charge in [0.2, 0.25) is 5.91 Å². The number of benzene rings is 1. The largest absolute Gasteiger partial charge is 0.351 e. The molecule has 0 aliphatic heterocycles. The number of H-pyrrole nitrogens is 1. The van der Waals surface area contributed by atoms with Gasteiger partial charge in [-0.2, -0.15) is 5.10 Å².